The van der Waals surface area contributed by atoms with E-state index in [9.17, 15) is 0 Å². The van der Waals surface area contributed by atoms with Crippen LogP contribution in [0.25, 0.3) is 0 Å². The second kappa shape index (κ2) is 11.5. The maximum absolute atomic E-state index is 5.79. The van der Waals surface area contributed by atoms with Crippen LogP contribution >= 0.6 is 15.9 Å². The Morgan fingerprint density at radius 1 is 1.36 bits per heavy atom. The van der Waals surface area contributed by atoms with Gasteiger partial charge in [0.15, 0.2) is 5.96 Å². The lowest BCUT2D eigenvalue weighted by Crippen LogP contribution is -2.39. The molecule has 1 aromatic carbocycles. The van der Waals surface area contributed by atoms with E-state index in [2.05, 4.69) is 50.6 Å². The summed E-state index contributed by atoms with van der Waals surface area (Å²) in [7, 11) is 1.80. The monoisotopic (exact) mass is 411 g/mol. The molecule has 2 rings (SSSR count). The topological polar surface area (TPSA) is 54.9 Å². The molecule has 1 aromatic rings. The summed E-state index contributed by atoms with van der Waals surface area (Å²) < 4.78 is 12.3. The van der Waals surface area contributed by atoms with Crippen molar-refractivity contribution in [2.24, 2.45) is 10.9 Å². The van der Waals surface area contributed by atoms with Crippen molar-refractivity contribution in [1.82, 2.24) is 10.6 Å². The Hall–Kier alpha value is -1.11. The number of nitrogens with zero attached hydrogens (tertiary/aromatic N) is 1. The molecule has 2 N–H and O–H groups in total. The van der Waals surface area contributed by atoms with Gasteiger partial charge in [0.05, 0.1) is 6.04 Å². The Bertz CT molecular complexity index is 533. The average Bonchev–Trinajstić information content (AvgIpc) is 2.64. The van der Waals surface area contributed by atoms with Crippen molar-refractivity contribution >= 4 is 21.9 Å². The lowest BCUT2D eigenvalue weighted by atomic mass is 10.0. The highest BCUT2D eigenvalue weighted by Crippen LogP contribution is 2.22. The fourth-order valence-corrected chi connectivity index (χ4v) is 3.48. The van der Waals surface area contributed by atoms with Crippen LogP contribution in [0.3, 0.4) is 0 Å². The zero-order valence-corrected chi connectivity index (χ0v) is 16.8. The largest absolute Gasteiger partial charge is 0.381 e. The zero-order valence-electron chi connectivity index (χ0n) is 15.3. The normalized spacial score (nSPS) is 17.3. The summed E-state index contributed by atoms with van der Waals surface area (Å²) in [5.41, 5.74) is 1.21. The van der Waals surface area contributed by atoms with E-state index in [1.807, 2.05) is 12.1 Å². The first kappa shape index (κ1) is 20.2. The highest BCUT2D eigenvalue weighted by molar-refractivity contribution is 9.10. The Balaban J connectivity index is 1.61. The molecule has 0 aliphatic carbocycles. The fraction of sp³-hybridized carbons (Fsp3) is 0.632. The number of guanidine groups is 1. The van der Waals surface area contributed by atoms with Crippen LogP contribution in [-0.4, -0.2) is 46.0 Å². The third kappa shape index (κ3) is 7.34. The lowest BCUT2D eigenvalue weighted by Gasteiger charge is -2.22. The van der Waals surface area contributed by atoms with Crippen molar-refractivity contribution in [3.8, 4) is 0 Å². The molecule has 6 heteroatoms. The minimum absolute atomic E-state index is 0.173. The molecule has 0 saturated carbocycles. The second-order valence-electron chi connectivity index (χ2n) is 6.37. The molecule has 140 valence electrons. The highest BCUT2D eigenvalue weighted by Gasteiger charge is 2.13. The molecular weight excluding hydrogens is 382 g/mol. The van der Waals surface area contributed by atoms with Crippen molar-refractivity contribution in [2.45, 2.75) is 32.2 Å². The van der Waals surface area contributed by atoms with Gasteiger partial charge in [-0.25, -0.2) is 0 Å². The third-order valence-corrected chi connectivity index (χ3v) is 5.12. The van der Waals surface area contributed by atoms with Crippen LogP contribution in [0.2, 0.25) is 0 Å². The highest BCUT2D eigenvalue weighted by atomic mass is 79.9. The van der Waals surface area contributed by atoms with Gasteiger partial charge in [-0.3, -0.25) is 4.99 Å². The molecule has 25 heavy (non-hydrogen) atoms. The van der Waals surface area contributed by atoms with Crippen LogP contribution in [0.5, 0.6) is 0 Å². The lowest BCUT2D eigenvalue weighted by molar-refractivity contribution is 0.0203. The van der Waals surface area contributed by atoms with Gasteiger partial charge in [0, 0.05) is 44.5 Å². The Kier molecular flexibility index (Phi) is 9.29. The van der Waals surface area contributed by atoms with Gasteiger partial charge in [-0.2, -0.15) is 0 Å². The summed E-state index contributed by atoms with van der Waals surface area (Å²) in [5, 5.41) is 6.77. The van der Waals surface area contributed by atoms with Crippen molar-refractivity contribution in [3.63, 3.8) is 0 Å². The van der Waals surface area contributed by atoms with Gasteiger partial charge in [0.2, 0.25) is 0 Å². The molecule has 0 spiro atoms. The number of rotatable bonds is 8. The molecule has 0 bridgehead atoms. The molecule has 5 nitrogen and oxygen atoms in total. The minimum Gasteiger partial charge on any atom is -0.381 e. The maximum atomic E-state index is 5.79. The summed E-state index contributed by atoms with van der Waals surface area (Å²) in [6.45, 7) is 6.37. The first-order chi connectivity index (χ1) is 12.2. The van der Waals surface area contributed by atoms with Crippen molar-refractivity contribution in [3.05, 3.63) is 34.3 Å². The number of benzene rings is 1. The van der Waals surface area contributed by atoms with E-state index in [1.54, 1.807) is 7.05 Å². The SMILES string of the molecule is CN=C(NCCCOCC1CCOCC1)NC(C)c1ccccc1Br. The Morgan fingerprint density at radius 2 is 2.12 bits per heavy atom. The second-order valence-corrected chi connectivity index (χ2v) is 7.23. The van der Waals surface area contributed by atoms with E-state index in [0.717, 1.165) is 62.7 Å². The Morgan fingerprint density at radius 3 is 2.84 bits per heavy atom. The van der Waals surface area contributed by atoms with E-state index in [-0.39, 0.29) is 6.04 Å². The maximum Gasteiger partial charge on any atom is 0.191 e. The van der Waals surface area contributed by atoms with Crippen molar-refractivity contribution in [1.29, 1.82) is 0 Å². The molecule has 1 heterocycles. The van der Waals surface area contributed by atoms with Gasteiger partial charge in [-0.1, -0.05) is 34.1 Å². The molecule has 1 unspecified atom stereocenters. The van der Waals surface area contributed by atoms with Gasteiger partial charge < -0.3 is 20.1 Å². The molecule has 1 aliphatic heterocycles. The summed E-state index contributed by atoms with van der Waals surface area (Å²) in [6.07, 6.45) is 3.22. The summed E-state index contributed by atoms with van der Waals surface area (Å²) in [5.74, 6) is 1.48. The van der Waals surface area contributed by atoms with E-state index in [4.69, 9.17) is 9.47 Å². The summed E-state index contributed by atoms with van der Waals surface area (Å²) in [6, 6.07) is 8.41. The quantitative estimate of drug-likeness (QED) is 0.390. The zero-order chi connectivity index (χ0) is 17.9. The van der Waals surface area contributed by atoms with Gasteiger partial charge >= 0.3 is 0 Å². The number of ether oxygens (including phenoxy) is 2. The molecule has 1 fully saturated rings. The third-order valence-electron chi connectivity index (χ3n) is 4.40. The van der Waals surface area contributed by atoms with Crippen LogP contribution in [0, 0.1) is 5.92 Å². The Labute approximate surface area is 159 Å². The van der Waals surface area contributed by atoms with Gasteiger partial charge in [0.1, 0.15) is 0 Å². The molecular formula is C19H30BrN3O2. The van der Waals surface area contributed by atoms with Crippen LogP contribution in [-0.2, 0) is 9.47 Å². The van der Waals surface area contributed by atoms with Gasteiger partial charge in [-0.15, -0.1) is 0 Å². The fourth-order valence-electron chi connectivity index (χ4n) is 2.85. The molecule has 0 amide bonds. The van der Waals surface area contributed by atoms with E-state index < -0.39 is 0 Å². The smallest absolute Gasteiger partial charge is 0.191 e. The number of aliphatic imine (C=N–C) groups is 1. The molecule has 1 atom stereocenters. The molecule has 1 aliphatic rings. The first-order valence-electron chi connectivity index (χ1n) is 9.07. The number of hydrogen-bond acceptors (Lipinski definition) is 3. The first-order valence-corrected chi connectivity index (χ1v) is 9.87. The van der Waals surface area contributed by atoms with Crippen molar-refractivity contribution < 1.29 is 9.47 Å². The molecule has 1 saturated heterocycles. The van der Waals surface area contributed by atoms with Crippen LogP contribution in [0.1, 0.15) is 37.8 Å². The minimum atomic E-state index is 0.173. The van der Waals surface area contributed by atoms with Crippen LogP contribution in [0.15, 0.2) is 33.7 Å². The van der Waals surface area contributed by atoms with E-state index in [1.165, 1.54) is 5.56 Å². The average molecular weight is 412 g/mol. The summed E-state index contributed by atoms with van der Waals surface area (Å²) in [4.78, 5) is 4.30. The number of hydrogen-bond donors (Lipinski definition) is 2. The molecule has 0 aromatic heterocycles. The predicted molar refractivity (Wildman–Crippen MR) is 106 cm³/mol. The number of nitrogens with one attached hydrogen (secondary N) is 2. The van der Waals surface area contributed by atoms with Crippen LogP contribution < -0.4 is 10.6 Å². The van der Waals surface area contributed by atoms with Crippen LogP contribution in [0.4, 0.5) is 0 Å². The number of halogens is 1. The summed E-state index contributed by atoms with van der Waals surface area (Å²) >= 11 is 3.60. The predicted octanol–water partition coefficient (Wildman–Crippen LogP) is 3.51. The van der Waals surface area contributed by atoms with E-state index in [0.29, 0.717) is 5.92 Å². The molecule has 0 radical (unpaired) electrons. The van der Waals surface area contributed by atoms with Gasteiger partial charge in [-0.05, 0) is 43.7 Å². The standard InChI is InChI=1S/C19H30BrN3O2/c1-15(17-6-3-4-7-18(17)20)23-19(21-2)22-10-5-11-25-14-16-8-12-24-13-9-16/h3-4,6-7,15-16H,5,8-14H2,1-2H3,(H2,21,22,23). The van der Waals surface area contributed by atoms with E-state index >= 15 is 0 Å². The van der Waals surface area contributed by atoms with Crippen molar-refractivity contribution in [2.75, 3.05) is 40.0 Å². The van der Waals surface area contributed by atoms with Gasteiger partial charge in [0.25, 0.3) is 0 Å².